The number of nitrogens with zero attached hydrogens (tertiary/aromatic N) is 7. The molecule has 0 unspecified atom stereocenters. The van der Waals surface area contributed by atoms with Crippen molar-refractivity contribution in [2.75, 3.05) is 16.4 Å². The zero-order chi connectivity index (χ0) is 28.5. The van der Waals surface area contributed by atoms with Crippen molar-refractivity contribution in [1.82, 2.24) is 24.5 Å². The number of para-hydroxylation sites is 1. The molecule has 41 heavy (non-hydrogen) atoms. The minimum absolute atomic E-state index is 0.0101. The number of aromatic nitrogens is 5. The number of pyridine rings is 1. The summed E-state index contributed by atoms with van der Waals surface area (Å²) in [6.45, 7) is 2.03. The summed E-state index contributed by atoms with van der Waals surface area (Å²) in [6, 6.07) is 22.0. The minimum atomic E-state index is -0.397. The van der Waals surface area contributed by atoms with Gasteiger partial charge in [0.2, 0.25) is 5.95 Å². The summed E-state index contributed by atoms with van der Waals surface area (Å²) in [5, 5.41) is 10.3. The molecule has 0 aliphatic carbocycles. The Kier molecular flexibility index (Phi) is 6.50. The third-order valence-electron chi connectivity index (χ3n) is 7.19. The summed E-state index contributed by atoms with van der Waals surface area (Å²) in [6.07, 6.45) is 3.12. The number of nitrogens with two attached hydrogens (primary N) is 2. The second kappa shape index (κ2) is 10.4. The lowest BCUT2D eigenvalue weighted by Crippen LogP contribution is -2.36. The van der Waals surface area contributed by atoms with Crippen LogP contribution in [-0.4, -0.2) is 30.5 Å². The van der Waals surface area contributed by atoms with Crippen LogP contribution in [0.4, 0.5) is 17.6 Å². The van der Waals surface area contributed by atoms with E-state index in [1.165, 1.54) is 0 Å². The van der Waals surface area contributed by atoms with Gasteiger partial charge in [0.25, 0.3) is 5.56 Å². The van der Waals surface area contributed by atoms with E-state index < -0.39 is 6.04 Å². The largest absolute Gasteiger partial charge is 0.382 e. The molecule has 2 aromatic carbocycles. The number of hydrogen-bond acceptors (Lipinski definition) is 9. The molecule has 3 aromatic heterocycles. The van der Waals surface area contributed by atoms with Gasteiger partial charge in [-0.25, -0.2) is 9.97 Å². The highest BCUT2D eigenvalue weighted by Gasteiger charge is 2.38. The van der Waals surface area contributed by atoms with Gasteiger partial charge in [0.1, 0.15) is 29.0 Å². The Labute approximate surface area is 235 Å². The molecule has 0 spiro atoms. The van der Waals surface area contributed by atoms with Crippen LogP contribution in [0.25, 0.3) is 16.6 Å². The number of hydrogen-bond donors (Lipinski definition) is 2. The first-order valence-electron chi connectivity index (χ1n) is 13.1. The van der Waals surface area contributed by atoms with Gasteiger partial charge < -0.3 is 16.4 Å². The molecule has 4 heterocycles. The molecule has 10 nitrogen and oxygen atoms in total. The number of nitriles is 1. The van der Waals surface area contributed by atoms with Crippen LogP contribution in [0.1, 0.15) is 48.5 Å². The minimum Gasteiger partial charge on any atom is -0.382 e. The van der Waals surface area contributed by atoms with Crippen LogP contribution < -0.4 is 21.9 Å². The highest BCUT2D eigenvalue weighted by atomic mass is 16.1. The van der Waals surface area contributed by atoms with E-state index in [-0.39, 0.29) is 28.9 Å². The molecule has 1 fully saturated rings. The summed E-state index contributed by atoms with van der Waals surface area (Å²) in [7, 11) is 0. The smallest absolute Gasteiger partial charge is 0.267 e. The number of rotatable bonds is 3. The van der Waals surface area contributed by atoms with Gasteiger partial charge in [-0.15, -0.1) is 0 Å². The van der Waals surface area contributed by atoms with Gasteiger partial charge in [-0.05, 0) is 62.1 Å². The Bertz CT molecular complexity index is 1940. The molecule has 0 radical (unpaired) electrons. The fourth-order valence-corrected chi connectivity index (χ4v) is 5.34. The Morgan fingerprint density at radius 1 is 0.927 bits per heavy atom. The van der Waals surface area contributed by atoms with Crippen LogP contribution >= 0.6 is 0 Å². The molecule has 4 N–H and O–H groups in total. The van der Waals surface area contributed by atoms with Gasteiger partial charge in [-0.1, -0.05) is 36.3 Å². The van der Waals surface area contributed by atoms with E-state index in [0.717, 1.165) is 6.42 Å². The number of nitrogen functional groups attached to an aromatic ring is 2. The van der Waals surface area contributed by atoms with Crippen LogP contribution in [0, 0.1) is 23.2 Å². The average molecular weight is 540 g/mol. The van der Waals surface area contributed by atoms with Crippen LogP contribution in [0.3, 0.4) is 0 Å². The molecule has 1 aliphatic heterocycles. The zero-order valence-corrected chi connectivity index (χ0v) is 22.2. The average Bonchev–Trinajstić information content (AvgIpc) is 3.37. The van der Waals surface area contributed by atoms with Crippen molar-refractivity contribution in [2.45, 2.75) is 31.8 Å². The van der Waals surface area contributed by atoms with Crippen molar-refractivity contribution < 1.29 is 0 Å². The van der Waals surface area contributed by atoms with Gasteiger partial charge in [-0.2, -0.15) is 15.2 Å². The van der Waals surface area contributed by atoms with E-state index in [2.05, 4.69) is 32.9 Å². The summed E-state index contributed by atoms with van der Waals surface area (Å²) in [4.78, 5) is 34.1. The van der Waals surface area contributed by atoms with Gasteiger partial charge in [0.15, 0.2) is 5.82 Å². The van der Waals surface area contributed by atoms with E-state index in [9.17, 15) is 10.1 Å². The molecule has 200 valence electrons. The maximum Gasteiger partial charge on any atom is 0.267 e. The highest BCUT2D eigenvalue weighted by molar-refractivity contribution is 5.85. The maximum atomic E-state index is 14.4. The molecule has 10 heteroatoms. The van der Waals surface area contributed by atoms with Crippen molar-refractivity contribution in [3.8, 4) is 23.6 Å². The first-order valence-corrected chi connectivity index (χ1v) is 13.1. The number of benzene rings is 2. The fraction of sp³-hybridized carbons (Fsp3) is 0.161. The van der Waals surface area contributed by atoms with Gasteiger partial charge >= 0.3 is 0 Å². The Balaban J connectivity index is 1.60. The maximum absolute atomic E-state index is 14.4. The molecular formula is C31H25N9O. The Morgan fingerprint density at radius 3 is 2.49 bits per heavy atom. The number of anilines is 3. The normalized spacial score (nSPS) is 16.2. The quantitative estimate of drug-likeness (QED) is 0.327. The van der Waals surface area contributed by atoms with Crippen molar-refractivity contribution in [3.05, 3.63) is 106 Å². The fourth-order valence-electron chi connectivity index (χ4n) is 5.34. The second-order valence-corrected chi connectivity index (χ2v) is 9.74. The molecule has 0 amide bonds. The second-order valence-electron chi connectivity index (χ2n) is 9.74. The SMILES string of the molecule is C[C@H]1CC[C@@H](c2nc3cccc(C#Cc4ccccn4)c3c(=O)n2-c2ccccc2)N1c1nc(N)nc(N)c1C#N. The summed E-state index contributed by atoms with van der Waals surface area (Å²) < 4.78 is 1.63. The lowest BCUT2D eigenvalue weighted by Gasteiger charge is -2.31. The molecule has 0 bridgehead atoms. The summed E-state index contributed by atoms with van der Waals surface area (Å²) in [5.41, 5.74) is 14.3. The molecular weight excluding hydrogens is 514 g/mol. The Morgan fingerprint density at radius 2 is 1.73 bits per heavy atom. The van der Waals surface area contributed by atoms with Gasteiger partial charge in [-0.3, -0.25) is 9.36 Å². The van der Waals surface area contributed by atoms with E-state index in [0.29, 0.717) is 45.9 Å². The van der Waals surface area contributed by atoms with Crippen LogP contribution in [-0.2, 0) is 0 Å². The molecule has 0 saturated carbocycles. The van der Waals surface area contributed by atoms with Crippen molar-refractivity contribution >= 4 is 28.5 Å². The topological polar surface area (TPSA) is 153 Å². The third kappa shape index (κ3) is 4.58. The van der Waals surface area contributed by atoms with Gasteiger partial charge in [0.05, 0.1) is 22.6 Å². The van der Waals surface area contributed by atoms with Crippen molar-refractivity contribution in [3.63, 3.8) is 0 Å². The summed E-state index contributed by atoms with van der Waals surface area (Å²) >= 11 is 0. The lowest BCUT2D eigenvalue weighted by atomic mass is 10.1. The van der Waals surface area contributed by atoms with E-state index in [1.807, 2.05) is 78.6 Å². The lowest BCUT2D eigenvalue weighted by molar-refractivity contribution is 0.615. The third-order valence-corrected chi connectivity index (χ3v) is 7.19. The van der Waals surface area contributed by atoms with Crippen LogP contribution in [0.5, 0.6) is 0 Å². The monoisotopic (exact) mass is 539 g/mol. The molecule has 6 rings (SSSR count). The number of fused-ring (bicyclic) bond motifs is 1. The molecule has 5 aromatic rings. The predicted molar refractivity (Wildman–Crippen MR) is 157 cm³/mol. The first kappa shape index (κ1) is 25.5. The highest BCUT2D eigenvalue weighted by Crippen LogP contribution is 2.41. The first-order chi connectivity index (χ1) is 20.0. The Hall–Kier alpha value is -5.74. The van der Waals surface area contributed by atoms with E-state index in [4.69, 9.17) is 16.5 Å². The van der Waals surface area contributed by atoms with E-state index >= 15 is 0 Å². The van der Waals surface area contributed by atoms with E-state index in [1.54, 1.807) is 10.8 Å². The predicted octanol–water partition coefficient (Wildman–Crippen LogP) is 3.74. The summed E-state index contributed by atoms with van der Waals surface area (Å²) in [5.74, 6) is 7.01. The van der Waals surface area contributed by atoms with Gasteiger partial charge in [0, 0.05) is 17.8 Å². The van der Waals surface area contributed by atoms with Crippen LogP contribution in [0.15, 0.2) is 77.7 Å². The zero-order valence-electron chi connectivity index (χ0n) is 22.2. The van der Waals surface area contributed by atoms with Crippen molar-refractivity contribution in [1.29, 1.82) is 5.26 Å². The van der Waals surface area contributed by atoms with Crippen LogP contribution in [0.2, 0.25) is 0 Å². The van der Waals surface area contributed by atoms with Crippen molar-refractivity contribution in [2.24, 2.45) is 0 Å². The standard InChI is InChI=1S/C31H25N9O/c1-19-13-16-25(39(19)28-23(18-32)27(33)37-31(34)38-28)29-36-24-12-7-8-20(14-15-21-9-5-6-17-35-21)26(24)30(41)40(29)22-10-3-2-4-11-22/h2-12,17,19,25H,13,16H2,1H3,(H4,33,34,37,38)/t19-,25-/m0/s1. The molecule has 2 atom stereocenters. The molecule has 1 saturated heterocycles. The molecule has 1 aliphatic rings.